The third-order valence-corrected chi connectivity index (χ3v) is 3.46. The van der Waals surface area contributed by atoms with Gasteiger partial charge in [-0.3, -0.25) is 9.59 Å². The monoisotopic (exact) mass is 332 g/mol. The highest BCUT2D eigenvalue weighted by molar-refractivity contribution is 6.30. The van der Waals surface area contributed by atoms with Gasteiger partial charge in [-0.25, -0.2) is 0 Å². The number of hydrogen-bond donors (Lipinski definition) is 2. The molecule has 2 amide bonds. The number of anilines is 1. The lowest BCUT2D eigenvalue weighted by Gasteiger charge is -2.10. The Morgan fingerprint density at radius 3 is 2.65 bits per heavy atom. The lowest BCUT2D eigenvalue weighted by Crippen LogP contribution is -2.19. The van der Waals surface area contributed by atoms with E-state index in [-0.39, 0.29) is 18.2 Å². The van der Waals surface area contributed by atoms with E-state index in [1.165, 1.54) is 7.11 Å². The van der Waals surface area contributed by atoms with E-state index in [2.05, 4.69) is 10.6 Å². The molecule has 2 aromatic carbocycles. The molecule has 0 aliphatic heterocycles. The lowest BCUT2D eigenvalue weighted by atomic mass is 10.1. The number of amides is 2. The second-order valence-corrected chi connectivity index (χ2v) is 5.28. The maximum Gasteiger partial charge on any atom is 0.251 e. The Kier molecular flexibility index (Phi) is 5.60. The quantitative estimate of drug-likeness (QED) is 0.884. The maximum atomic E-state index is 12.2. The molecule has 2 N–H and O–H groups in total. The van der Waals surface area contributed by atoms with E-state index in [0.717, 1.165) is 0 Å². The zero-order chi connectivity index (χ0) is 16.8. The highest BCUT2D eigenvalue weighted by Crippen LogP contribution is 2.23. The van der Waals surface area contributed by atoms with Gasteiger partial charge in [0.2, 0.25) is 5.91 Å². The summed E-state index contributed by atoms with van der Waals surface area (Å²) in [7, 11) is 3.09. The summed E-state index contributed by atoms with van der Waals surface area (Å²) in [4.78, 5) is 23.8. The fraction of sp³-hybridized carbons (Fsp3) is 0.176. The number of methoxy groups -OCH3 is 1. The van der Waals surface area contributed by atoms with E-state index < -0.39 is 0 Å². The van der Waals surface area contributed by atoms with Crippen LogP contribution in [0.4, 0.5) is 5.69 Å². The van der Waals surface area contributed by atoms with Gasteiger partial charge < -0.3 is 15.4 Å². The third-order valence-electron chi connectivity index (χ3n) is 3.23. The number of benzene rings is 2. The summed E-state index contributed by atoms with van der Waals surface area (Å²) < 4.78 is 5.22. The van der Waals surface area contributed by atoms with Gasteiger partial charge >= 0.3 is 0 Å². The number of hydrogen-bond acceptors (Lipinski definition) is 3. The van der Waals surface area contributed by atoms with Crippen LogP contribution in [-0.2, 0) is 11.2 Å². The molecular formula is C17H17ClN2O3. The van der Waals surface area contributed by atoms with Crippen molar-refractivity contribution in [1.29, 1.82) is 0 Å². The van der Waals surface area contributed by atoms with E-state index >= 15 is 0 Å². The van der Waals surface area contributed by atoms with E-state index in [1.807, 2.05) is 0 Å². The number of carbonyl (C=O) groups is 2. The van der Waals surface area contributed by atoms with Crippen LogP contribution >= 0.6 is 11.6 Å². The van der Waals surface area contributed by atoms with E-state index in [0.29, 0.717) is 27.6 Å². The molecule has 0 saturated carbocycles. The molecular weight excluding hydrogens is 316 g/mol. The normalized spacial score (nSPS) is 10.0. The molecule has 0 aliphatic rings. The molecule has 0 unspecified atom stereocenters. The van der Waals surface area contributed by atoms with Gasteiger partial charge in [0.1, 0.15) is 5.75 Å². The standard InChI is InChI=1S/C17H17ClN2O3/c1-19-17(22)11-4-3-5-14(9-11)20-16(21)10-12-8-13(18)6-7-15(12)23-2/h3-9H,10H2,1-2H3,(H,19,22)(H,20,21). The van der Waals surface area contributed by atoms with E-state index in [9.17, 15) is 9.59 Å². The van der Waals surface area contributed by atoms with Crippen LogP contribution in [0.5, 0.6) is 5.75 Å². The fourth-order valence-electron chi connectivity index (χ4n) is 2.15. The molecule has 0 radical (unpaired) electrons. The van der Waals surface area contributed by atoms with Crippen LogP contribution in [0.25, 0.3) is 0 Å². The maximum absolute atomic E-state index is 12.2. The second-order valence-electron chi connectivity index (χ2n) is 4.84. The highest BCUT2D eigenvalue weighted by atomic mass is 35.5. The Balaban J connectivity index is 2.11. The molecule has 23 heavy (non-hydrogen) atoms. The van der Waals surface area contributed by atoms with Crippen molar-refractivity contribution >= 4 is 29.1 Å². The van der Waals surface area contributed by atoms with Gasteiger partial charge in [0.25, 0.3) is 5.91 Å². The number of halogens is 1. The minimum absolute atomic E-state index is 0.119. The Bertz CT molecular complexity index is 732. The van der Waals surface area contributed by atoms with Crippen molar-refractivity contribution in [2.45, 2.75) is 6.42 Å². The summed E-state index contributed by atoms with van der Waals surface area (Å²) in [6, 6.07) is 11.8. The molecule has 0 aliphatic carbocycles. The first-order chi connectivity index (χ1) is 11.0. The molecule has 0 bridgehead atoms. The molecule has 0 heterocycles. The summed E-state index contributed by atoms with van der Waals surface area (Å²) in [6.07, 6.45) is 0.119. The predicted molar refractivity (Wildman–Crippen MR) is 90.2 cm³/mol. The predicted octanol–water partition coefficient (Wildman–Crippen LogP) is 2.89. The van der Waals surface area contributed by atoms with Crippen molar-refractivity contribution < 1.29 is 14.3 Å². The van der Waals surface area contributed by atoms with Crippen LogP contribution < -0.4 is 15.4 Å². The van der Waals surface area contributed by atoms with Crippen LogP contribution in [0.2, 0.25) is 5.02 Å². The minimum atomic E-state index is -0.223. The van der Waals surface area contributed by atoms with Crippen LogP contribution in [0.3, 0.4) is 0 Å². The molecule has 0 fully saturated rings. The van der Waals surface area contributed by atoms with E-state index in [1.54, 1.807) is 49.5 Å². The summed E-state index contributed by atoms with van der Waals surface area (Å²) in [5.41, 5.74) is 1.72. The topological polar surface area (TPSA) is 67.4 Å². The van der Waals surface area contributed by atoms with Gasteiger partial charge in [0.05, 0.1) is 13.5 Å². The van der Waals surface area contributed by atoms with Crippen LogP contribution in [0.15, 0.2) is 42.5 Å². The van der Waals surface area contributed by atoms with Crippen molar-refractivity contribution in [2.75, 3.05) is 19.5 Å². The first kappa shape index (κ1) is 16.8. The first-order valence-corrected chi connectivity index (χ1v) is 7.35. The third kappa shape index (κ3) is 4.47. The van der Waals surface area contributed by atoms with Crippen LogP contribution in [0, 0.1) is 0 Å². The molecule has 0 atom stereocenters. The Morgan fingerprint density at radius 2 is 1.96 bits per heavy atom. The number of ether oxygens (including phenoxy) is 1. The summed E-state index contributed by atoms with van der Waals surface area (Å²) in [5, 5.41) is 5.84. The number of rotatable bonds is 5. The summed E-state index contributed by atoms with van der Waals surface area (Å²) in [6.45, 7) is 0. The summed E-state index contributed by atoms with van der Waals surface area (Å²) >= 11 is 5.96. The van der Waals surface area contributed by atoms with Crippen molar-refractivity contribution in [2.24, 2.45) is 0 Å². The van der Waals surface area contributed by atoms with Crippen molar-refractivity contribution in [3.8, 4) is 5.75 Å². The zero-order valence-electron chi connectivity index (χ0n) is 12.9. The molecule has 6 heteroatoms. The number of nitrogens with one attached hydrogen (secondary N) is 2. The first-order valence-electron chi connectivity index (χ1n) is 6.98. The Morgan fingerprint density at radius 1 is 1.17 bits per heavy atom. The van der Waals surface area contributed by atoms with Gasteiger partial charge in [-0.1, -0.05) is 17.7 Å². The second kappa shape index (κ2) is 7.65. The molecule has 0 aromatic heterocycles. The fourth-order valence-corrected chi connectivity index (χ4v) is 2.34. The van der Waals surface area contributed by atoms with Gasteiger partial charge in [0.15, 0.2) is 0 Å². The number of carbonyl (C=O) groups excluding carboxylic acids is 2. The van der Waals surface area contributed by atoms with Gasteiger partial charge in [-0.2, -0.15) is 0 Å². The van der Waals surface area contributed by atoms with E-state index in [4.69, 9.17) is 16.3 Å². The molecule has 2 rings (SSSR count). The minimum Gasteiger partial charge on any atom is -0.496 e. The van der Waals surface area contributed by atoms with Crippen molar-refractivity contribution in [1.82, 2.24) is 5.32 Å². The molecule has 2 aromatic rings. The smallest absolute Gasteiger partial charge is 0.251 e. The van der Waals surface area contributed by atoms with Crippen molar-refractivity contribution in [3.63, 3.8) is 0 Å². The average molecular weight is 333 g/mol. The van der Waals surface area contributed by atoms with Gasteiger partial charge in [-0.15, -0.1) is 0 Å². The Labute approximate surface area is 139 Å². The molecule has 120 valence electrons. The van der Waals surface area contributed by atoms with Gasteiger partial charge in [0, 0.05) is 28.9 Å². The largest absolute Gasteiger partial charge is 0.496 e. The lowest BCUT2D eigenvalue weighted by molar-refractivity contribution is -0.115. The SMILES string of the molecule is CNC(=O)c1cccc(NC(=O)Cc2cc(Cl)ccc2OC)c1. The molecule has 5 nitrogen and oxygen atoms in total. The average Bonchev–Trinajstić information content (AvgIpc) is 2.54. The molecule has 0 spiro atoms. The zero-order valence-corrected chi connectivity index (χ0v) is 13.6. The Hall–Kier alpha value is -2.53. The van der Waals surface area contributed by atoms with Gasteiger partial charge in [-0.05, 0) is 36.4 Å². The van der Waals surface area contributed by atoms with Crippen molar-refractivity contribution in [3.05, 3.63) is 58.6 Å². The van der Waals surface area contributed by atoms with Crippen LogP contribution in [0.1, 0.15) is 15.9 Å². The summed E-state index contributed by atoms with van der Waals surface area (Å²) in [5.74, 6) is 0.167. The van der Waals surface area contributed by atoms with Crippen LogP contribution in [-0.4, -0.2) is 26.0 Å². The highest BCUT2D eigenvalue weighted by Gasteiger charge is 2.11. The molecule has 0 saturated heterocycles.